The molecule has 0 aliphatic carbocycles. The van der Waals surface area contributed by atoms with Crippen molar-refractivity contribution in [1.82, 2.24) is 19.9 Å². The summed E-state index contributed by atoms with van der Waals surface area (Å²) in [4.78, 5) is 28.2. The van der Waals surface area contributed by atoms with Crippen LogP contribution in [0.15, 0.2) is 36.5 Å². The van der Waals surface area contributed by atoms with Gasteiger partial charge in [0.15, 0.2) is 11.9 Å². The molecule has 7 rings (SSSR count). The van der Waals surface area contributed by atoms with Crippen LogP contribution in [0.25, 0.3) is 32.9 Å². The molecule has 12 nitrogen and oxygen atoms in total. The molecule has 3 aliphatic rings. The van der Waals surface area contributed by atoms with E-state index in [1.807, 2.05) is 6.07 Å². The summed E-state index contributed by atoms with van der Waals surface area (Å²) in [5.41, 5.74) is -0.0193. The summed E-state index contributed by atoms with van der Waals surface area (Å²) >= 11 is 6.34. The van der Waals surface area contributed by atoms with Crippen LogP contribution >= 0.6 is 11.6 Å². The van der Waals surface area contributed by atoms with Crippen molar-refractivity contribution in [2.45, 2.75) is 36.9 Å². The Kier molecular flexibility index (Phi) is 7.49. The van der Waals surface area contributed by atoms with Crippen LogP contribution < -0.4 is 9.64 Å². The van der Waals surface area contributed by atoms with E-state index in [2.05, 4.69) is 15.0 Å². The zero-order chi connectivity index (χ0) is 31.4. The van der Waals surface area contributed by atoms with Gasteiger partial charge >= 0.3 is 12.1 Å². The van der Waals surface area contributed by atoms with Gasteiger partial charge < -0.3 is 34.2 Å². The zero-order valence-corrected chi connectivity index (χ0v) is 24.2. The minimum Gasteiger partial charge on any atom is -0.465 e. The molecule has 1 amide bonds. The Balaban J connectivity index is 1.36. The lowest BCUT2D eigenvalue weighted by atomic mass is 10.0. The molecule has 5 heterocycles. The summed E-state index contributed by atoms with van der Waals surface area (Å²) in [6.07, 6.45) is -2.51. The lowest BCUT2D eigenvalue weighted by molar-refractivity contribution is 0.00689. The largest absolute Gasteiger partial charge is 0.465 e. The number of nitriles is 1. The van der Waals surface area contributed by atoms with E-state index in [-0.39, 0.29) is 83.7 Å². The molecule has 232 valence electrons. The molecule has 3 saturated heterocycles. The number of anilines is 1. The third kappa shape index (κ3) is 5.01. The van der Waals surface area contributed by atoms with Crippen LogP contribution in [0.3, 0.4) is 0 Å². The number of piperazine rings is 1. The van der Waals surface area contributed by atoms with E-state index in [0.29, 0.717) is 5.39 Å². The molecule has 0 spiro atoms. The van der Waals surface area contributed by atoms with Gasteiger partial charge in [-0.3, -0.25) is 4.98 Å². The zero-order valence-electron chi connectivity index (χ0n) is 23.4. The van der Waals surface area contributed by atoms with Gasteiger partial charge in [0.2, 0.25) is 0 Å². The van der Waals surface area contributed by atoms with Gasteiger partial charge in [0, 0.05) is 36.8 Å². The van der Waals surface area contributed by atoms with Crippen LogP contribution in [-0.2, 0) is 9.47 Å². The third-order valence-electron chi connectivity index (χ3n) is 8.43. The number of hydrogen-bond donors (Lipinski definition) is 2. The van der Waals surface area contributed by atoms with Gasteiger partial charge in [-0.2, -0.15) is 15.2 Å². The highest BCUT2D eigenvalue weighted by atomic mass is 35.5. The molecule has 45 heavy (non-hydrogen) atoms. The van der Waals surface area contributed by atoms with E-state index in [1.165, 1.54) is 17.2 Å². The second-order valence-corrected chi connectivity index (χ2v) is 11.4. The first kappa shape index (κ1) is 29.3. The number of nitrogens with zero attached hydrogens (tertiary/aromatic N) is 6. The highest BCUT2D eigenvalue weighted by Gasteiger charge is 2.49. The van der Waals surface area contributed by atoms with Gasteiger partial charge in [-0.25, -0.2) is 13.6 Å². The van der Waals surface area contributed by atoms with Gasteiger partial charge in [-0.15, -0.1) is 0 Å². The van der Waals surface area contributed by atoms with E-state index in [1.54, 1.807) is 29.2 Å². The van der Waals surface area contributed by atoms with Crippen LogP contribution in [-0.4, -0.2) is 99.5 Å². The summed E-state index contributed by atoms with van der Waals surface area (Å²) in [6, 6.07) is 8.92. The standard InChI is InChI=1S/C30H25ClF2N6O6/c31-22-18(32)5-4-14-2-1-3-16(21(14)22)24-23(33)25-17(10-35-24)28(38-8-9-39(30(41)42)15(11-38)6-7-34)37-29(36-25)45-20-13-44-26-19(40)12-43-27(20)26/h1-5,10,15,19-20,26-27,40H,6,8-9,11-13H2,(H,41,42)/t15?,19-,20-,26-,27-/m1/s1. The Labute approximate surface area is 259 Å². The summed E-state index contributed by atoms with van der Waals surface area (Å²) in [5, 5.41) is 30.1. The van der Waals surface area contributed by atoms with Crippen LogP contribution in [0.5, 0.6) is 6.01 Å². The van der Waals surface area contributed by atoms with Crippen LogP contribution in [0.1, 0.15) is 6.42 Å². The minimum absolute atomic E-state index is 0.0630. The number of amides is 1. The Hall–Kier alpha value is -4.42. The average Bonchev–Trinajstić information content (AvgIpc) is 3.61. The van der Waals surface area contributed by atoms with Crippen molar-refractivity contribution in [1.29, 1.82) is 5.26 Å². The van der Waals surface area contributed by atoms with Gasteiger partial charge in [-0.1, -0.05) is 35.9 Å². The van der Waals surface area contributed by atoms with E-state index < -0.39 is 48.2 Å². The predicted octanol–water partition coefficient (Wildman–Crippen LogP) is 3.76. The number of carbonyl (C=O) groups is 1. The average molecular weight is 639 g/mol. The maximum atomic E-state index is 16.6. The quantitative estimate of drug-likeness (QED) is 0.328. The Morgan fingerprint density at radius 1 is 1.16 bits per heavy atom. The van der Waals surface area contributed by atoms with Crippen molar-refractivity contribution in [2.75, 3.05) is 37.7 Å². The number of benzene rings is 2. The first-order chi connectivity index (χ1) is 21.7. The van der Waals surface area contributed by atoms with Crippen molar-refractivity contribution in [3.05, 3.63) is 53.2 Å². The topological polar surface area (TPSA) is 154 Å². The molecular weight excluding hydrogens is 614 g/mol. The Morgan fingerprint density at radius 2 is 1.98 bits per heavy atom. The molecule has 5 atom stereocenters. The van der Waals surface area contributed by atoms with E-state index in [9.17, 15) is 24.7 Å². The predicted molar refractivity (Wildman–Crippen MR) is 156 cm³/mol. The maximum absolute atomic E-state index is 16.6. The summed E-state index contributed by atoms with van der Waals surface area (Å²) in [7, 11) is 0. The highest BCUT2D eigenvalue weighted by Crippen LogP contribution is 2.39. The molecule has 0 bridgehead atoms. The summed E-state index contributed by atoms with van der Waals surface area (Å²) in [5.74, 6) is -1.27. The van der Waals surface area contributed by atoms with Crippen molar-refractivity contribution in [3.8, 4) is 23.3 Å². The molecule has 0 radical (unpaired) electrons. The van der Waals surface area contributed by atoms with Crippen molar-refractivity contribution in [3.63, 3.8) is 0 Å². The molecule has 2 aromatic heterocycles. The molecule has 2 aromatic carbocycles. The fourth-order valence-electron chi connectivity index (χ4n) is 6.27. The molecule has 15 heteroatoms. The molecular formula is C30H25ClF2N6O6. The van der Waals surface area contributed by atoms with Gasteiger partial charge in [-0.05, 0) is 11.5 Å². The first-order valence-corrected chi connectivity index (χ1v) is 14.6. The van der Waals surface area contributed by atoms with Crippen molar-refractivity contribution in [2.24, 2.45) is 0 Å². The van der Waals surface area contributed by atoms with Crippen LogP contribution in [0, 0.1) is 23.0 Å². The summed E-state index contributed by atoms with van der Waals surface area (Å²) in [6.45, 7) is 0.511. The number of aromatic nitrogens is 3. The fraction of sp³-hybridized carbons (Fsp3) is 0.367. The third-order valence-corrected chi connectivity index (χ3v) is 8.80. The van der Waals surface area contributed by atoms with E-state index in [0.717, 1.165) is 0 Å². The monoisotopic (exact) mass is 638 g/mol. The molecule has 3 fully saturated rings. The smallest absolute Gasteiger partial charge is 0.407 e. The number of rotatable bonds is 5. The maximum Gasteiger partial charge on any atom is 0.407 e. The van der Waals surface area contributed by atoms with E-state index >= 15 is 4.39 Å². The van der Waals surface area contributed by atoms with Gasteiger partial charge in [0.05, 0.1) is 42.2 Å². The van der Waals surface area contributed by atoms with Crippen molar-refractivity contribution >= 4 is 45.2 Å². The lowest BCUT2D eigenvalue weighted by Gasteiger charge is -2.39. The SMILES string of the molecule is N#CCC1CN(c2nc(O[C@@H]3CO[C@H]4[C@@H]3OC[C@H]4O)nc3c(F)c(-c4cccc5ccc(F)c(Cl)c45)ncc23)CCN1C(=O)O. The Morgan fingerprint density at radius 3 is 2.78 bits per heavy atom. The fourth-order valence-corrected chi connectivity index (χ4v) is 6.54. The lowest BCUT2D eigenvalue weighted by Crippen LogP contribution is -2.55. The molecule has 2 N–H and O–H groups in total. The van der Waals surface area contributed by atoms with Gasteiger partial charge in [0.25, 0.3) is 0 Å². The number of hydrogen-bond acceptors (Lipinski definition) is 10. The molecule has 0 saturated carbocycles. The number of pyridine rings is 1. The number of aliphatic hydroxyl groups excluding tert-OH is 1. The van der Waals surface area contributed by atoms with E-state index in [4.69, 9.17) is 25.8 Å². The minimum atomic E-state index is -1.15. The number of ether oxygens (including phenoxy) is 3. The first-order valence-electron chi connectivity index (χ1n) is 14.2. The normalized spacial score (nSPS) is 24.6. The summed E-state index contributed by atoms with van der Waals surface area (Å²) < 4.78 is 48.5. The van der Waals surface area contributed by atoms with Crippen LogP contribution in [0.4, 0.5) is 19.4 Å². The second kappa shape index (κ2) is 11.5. The Bertz CT molecular complexity index is 1880. The number of halogens is 3. The number of carboxylic acid groups (broad SMARTS) is 1. The number of aliphatic hydroxyl groups is 1. The highest BCUT2D eigenvalue weighted by molar-refractivity contribution is 6.36. The van der Waals surface area contributed by atoms with Crippen LogP contribution in [0.2, 0.25) is 5.02 Å². The van der Waals surface area contributed by atoms with Crippen molar-refractivity contribution < 1.29 is 38.0 Å². The van der Waals surface area contributed by atoms with Gasteiger partial charge in [0.1, 0.15) is 41.2 Å². The molecule has 3 aliphatic heterocycles. The second-order valence-electron chi connectivity index (χ2n) is 11.0. The number of fused-ring (bicyclic) bond motifs is 3. The molecule has 4 aromatic rings. The molecule has 1 unspecified atom stereocenters.